The summed E-state index contributed by atoms with van der Waals surface area (Å²) in [4.78, 5) is 2.44. The number of hydrogen-bond acceptors (Lipinski definition) is 6. The molecule has 0 radical (unpaired) electrons. The summed E-state index contributed by atoms with van der Waals surface area (Å²) < 4.78 is 4.71. The van der Waals surface area contributed by atoms with Crippen LogP contribution in [0, 0.1) is 0 Å². The highest BCUT2D eigenvalue weighted by atomic mass is 16.6. The molecule has 1 aliphatic rings. The topological polar surface area (TPSA) is 139 Å². The smallest absolute Gasteiger partial charge is 0.183 e. The van der Waals surface area contributed by atoms with Crippen molar-refractivity contribution in [2.75, 3.05) is 6.54 Å². The van der Waals surface area contributed by atoms with E-state index >= 15 is 0 Å². The van der Waals surface area contributed by atoms with E-state index in [1.807, 2.05) is 0 Å². The Kier molecular flexibility index (Phi) is 3.64. The largest absolute Gasteiger partial charge is 0.388 e. The van der Waals surface area contributed by atoms with Gasteiger partial charge in [0.25, 0.3) is 0 Å². The first-order chi connectivity index (χ1) is 6.57. The van der Waals surface area contributed by atoms with Crippen LogP contribution in [0.1, 0.15) is 0 Å². The molecule has 0 spiro atoms. The summed E-state index contributed by atoms with van der Waals surface area (Å²) >= 11 is 0. The standard InChI is InChI=1S/C6H11N3O5/c7-9-8-1-2-3(10)4(11)5(12)6(13)14-2/h2-6,10-13H,1H2/t2?,3-,4-,5?,6?/m1/s1. The molecule has 1 saturated heterocycles. The Morgan fingerprint density at radius 3 is 2.36 bits per heavy atom. The first kappa shape index (κ1) is 11.2. The van der Waals surface area contributed by atoms with Gasteiger partial charge in [-0.25, -0.2) is 0 Å². The normalized spacial score (nSPS) is 43.0. The fourth-order valence-electron chi connectivity index (χ4n) is 1.20. The van der Waals surface area contributed by atoms with Crippen molar-refractivity contribution in [1.82, 2.24) is 0 Å². The minimum absolute atomic E-state index is 0.224. The number of aliphatic hydroxyl groups is 4. The van der Waals surface area contributed by atoms with Gasteiger partial charge in [-0.3, -0.25) is 0 Å². The second-order valence-electron chi connectivity index (χ2n) is 2.95. The maximum Gasteiger partial charge on any atom is 0.183 e. The minimum atomic E-state index is -1.59. The molecule has 1 rings (SSSR count). The second-order valence-corrected chi connectivity index (χ2v) is 2.95. The predicted molar refractivity (Wildman–Crippen MR) is 42.9 cm³/mol. The van der Waals surface area contributed by atoms with Gasteiger partial charge in [0, 0.05) is 4.91 Å². The molecule has 0 saturated carbocycles. The van der Waals surface area contributed by atoms with E-state index in [4.69, 9.17) is 20.5 Å². The Balaban J connectivity index is 2.64. The monoisotopic (exact) mass is 205 g/mol. The maximum atomic E-state index is 9.32. The van der Waals surface area contributed by atoms with Gasteiger partial charge in [0.2, 0.25) is 0 Å². The lowest BCUT2D eigenvalue weighted by Crippen LogP contribution is -2.58. The van der Waals surface area contributed by atoms with E-state index in [0.29, 0.717) is 0 Å². The molecule has 4 N–H and O–H groups in total. The molecule has 5 atom stereocenters. The van der Waals surface area contributed by atoms with Crippen molar-refractivity contribution in [3.63, 3.8) is 0 Å². The van der Waals surface area contributed by atoms with Crippen molar-refractivity contribution in [3.05, 3.63) is 10.4 Å². The van der Waals surface area contributed by atoms with Gasteiger partial charge in [-0.15, -0.1) is 0 Å². The van der Waals surface area contributed by atoms with Crippen LogP contribution in [0.5, 0.6) is 0 Å². The van der Waals surface area contributed by atoms with Crippen LogP contribution in [0.2, 0.25) is 0 Å². The molecule has 8 heteroatoms. The van der Waals surface area contributed by atoms with E-state index in [1.54, 1.807) is 0 Å². The van der Waals surface area contributed by atoms with E-state index in [9.17, 15) is 10.2 Å². The summed E-state index contributed by atoms with van der Waals surface area (Å²) in [7, 11) is 0. The van der Waals surface area contributed by atoms with E-state index < -0.39 is 30.7 Å². The highest BCUT2D eigenvalue weighted by Gasteiger charge is 2.42. The Morgan fingerprint density at radius 1 is 1.14 bits per heavy atom. The van der Waals surface area contributed by atoms with Gasteiger partial charge in [-0.05, 0) is 5.53 Å². The van der Waals surface area contributed by atoms with Crippen molar-refractivity contribution in [2.24, 2.45) is 5.11 Å². The van der Waals surface area contributed by atoms with Crippen LogP contribution in [-0.2, 0) is 4.74 Å². The van der Waals surface area contributed by atoms with Crippen molar-refractivity contribution >= 4 is 0 Å². The van der Waals surface area contributed by atoms with Crippen LogP contribution in [0.4, 0.5) is 0 Å². The molecule has 0 aromatic carbocycles. The summed E-state index contributed by atoms with van der Waals surface area (Å²) in [6.45, 7) is -0.224. The fourth-order valence-corrected chi connectivity index (χ4v) is 1.20. The van der Waals surface area contributed by atoms with E-state index in [2.05, 4.69) is 10.0 Å². The molecular formula is C6H11N3O5. The van der Waals surface area contributed by atoms with Gasteiger partial charge in [0.1, 0.15) is 18.3 Å². The number of rotatable bonds is 2. The van der Waals surface area contributed by atoms with Crippen LogP contribution < -0.4 is 0 Å². The van der Waals surface area contributed by atoms with E-state index in [-0.39, 0.29) is 6.54 Å². The lowest BCUT2D eigenvalue weighted by molar-refractivity contribution is -0.279. The molecule has 1 fully saturated rings. The number of aliphatic hydroxyl groups excluding tert-OH is 4. The van der Waals surface area contributed by atoms with E-state index in [1.165, 1.54) is 0 Å². The molecule has 1 heterocycles. The molecule has 0 bridgehead atoms. The summed E-state index contributed by atoms with van der Waals surface area (Å²) in [5, 5.41) is 39.8. The van der Waals surface area contributed by atoms with Gasteiger partial charge in [-0.2, -0.15) is 0 Å². The summed E-state index contributed by atoms with van der Waals surface area (Å²) in [6, 6.07) is 0. The van der Waals surface area contributed by atoms with Crippen LogP contribution in [0.15, 0.2) is 5.11 Å². The summed E-state index contributed by atoms with van der Waals surface area (Å²) in [5.41, 5.74) is 8.01. The van der Waals surface area contributed by atoms with E-state index in [0.717, 1.165) is 0 Å². The third kappa shape index (κ3) is 2.13. The lowest BCUT2D eigenvalue weighted by atomic mass is 9.99. The zero-order valence-electron chi connectivity index (χ0n) is 7.13. The van der Waals surface area contributed by atoms with Gasteiger partial charge in [0.15, 0.2) is 6.29 Å². The average Bonchev–Trinajstić information content (AvgIpc) is 2.18. The lowest BCUT2D eigenvalue weighted by Gasteiger charge is -2.37. The SMILES string of the molecule is [N-]=[N+]=NCC1OC(O)C(O)[C@H](O)[C@@H]1O. The first-order valence-corrected chi connectivity index (χ1v) is 3.96. The van der Waals surface area contributed by atoms with Crippen molar-refractivity contribution < 1.29 is 25.2 Å². The molecule has 0 aromatic rings. The van der Waals surface area contributed by atoms with Gasteiger partial charge >= 0.3 is 0 Å². The molecular weight excluding hydrogens is 194 g/mol. The van der Waals surface area contributed by atoms with Gasteiger partial charge in [-0.1, -0.05) is 5.11 Å². The molecule has 0 aliphatic carbocycles. The Labute approximate surface area is 79.0 Å². The maximum absolute atomic E-state index is 9.32. The first-order valence-electron chi connectivity index (χ1n) is 3.96. The zero-order chi connectivity index (χ0) is 10.7. The van der Waals surface area contributed by atoms with Crippen LogP contribution in [-0.4, -0.2) is 57.7 Å². The highest BCUT2D eigenvalue weighted by molar-refractivity contribution is 4.89. The second kappa shape index (κ2) is 4.56. The van der Waals surface area contributed by atoms with Crippen molar-refractivity contribution in [2.45, 2.75) is 30.7 Å². The molecule has 80 valence electrons. The minimum Gasteiger partial charge on any atom is -0.388 e. The number of hydrogen-bond donors (Lipinski definition) is 4. The van der Waals surface area contributed by atoms with Gasteiger partial charge < -0.3 is 25.2 Å². The third-order valence-electron chi connectivity index (χ3n) is 2.01. The molecule has 3 unspecified atom stereocenters. The van der Waals surface area contributed by atoms with Crippen LogP contribution in [0.25, 0.3) is 10.4 Å². The molecule has 14 heavy (non-hydrogen) atoms. The number of azide groups is 1. The van der Waals surface area contributed by atoms with Crippen molar-refractivity contribution in [3.8, 4) is 0 Å². The zero-order valence-corrected chi connectivity index (χ0v) is 7.13. The van der Waals surface area contributed by atoms with Crippen LogP contribution in [0.3, 0.4) is 0 Å². The summed E-state index contributed by atoms with van der Waals surface area (Å²) in [5.74, 6) is 0. The Morgan fingerprint density at radius 2 is 1.79 bits per heavy atom. The molecule has 8 nitrogen and oxygen atoms in total. The van der Waals surface area contributed by atoms with Crippen LogP contribution >= 0.6 is 0 Å². The predicted octanol–water partition coefficient (Wildman–Crippen LogP) is -1.90. The highest BCUT2D eigenvalue weighted by Crippen LogP contribution is 2.19. The third-order valence-corrected chi connectivity index (χ3v) is 2.01. The quantitative estimate of drug-likeness (QED) is 0.237. The van der Waals surface area contributed by atoms with Crippen molar-refractivity contribution in [1.29, 1.82) is 0 Å². The van der Waals surface area contributed by atoms with Gasteiger partial charge in [0.05, 0.1) is 12.6 Å². The molecule has 1 aliphatic heterocycles. The summed E-state index contributed by atoms with van der Waals surface area (Å²) in [6.07, 6.45) is -7.07. The Bertz CT molecular complexity index is 244. The number of ether oxygens (including phenoxy) is 1. The number of nitrogens with zero attached hydrogens (tertiary/aromatic N) is 3. The molecule has 0 amide bonds. The fraction of sp³-hybridized carbons (Fsp3) is 1.00. The average molecular weight is 205 g/mol. The Hall–Kier alpha value is -0.890. The molecule has 0 aromatic heterocycles.